The number of likely N-dealkylation sites (N-methyl/N-ethyl adjacent to an activating group) is 1. The van der Waals surface area contributed by atoms with Gasteiger partial charge in [0.1, 0.15) is 23.2 Å². The zero-order valence-corrected chi connectivity index (χ0v) is 13.8. The van der Waals surface area contributed by atoms with Crippen molar-refractivity contribution in [3.63, 3.8) is 0 Å². The molecule has 0 aliphatic heterocycles. The van der Waals surface area contributed by atoms with E-state index in [9.17, 15) is 13.6 Å². The molecule has 24 heavy (non-hydrogen) atoms. The van der Waals surface area contributed by atoms with Gasteiger partial charge in [0.25, 0.3) is 5.91 Å². The maximum absolute atomic E-state index is 13.5. The Morgan fingerprint density at radius 1 is 1.25 bits per heavy atom. The Morgan fingerprint density at radius 3 is 2.79 bits per heavy atom. The molecule has 4 nitrogen and oxygen atoms in total. The maximum atomic E-state index is 13.5. The highest BCUT2D eigenvalue weighted by Gasteiger charge is 2.15. The van der Waals surface area contributed by atoms with Gasteiger partial charge in [0, 0.05) is 6.07 Å². The predicted octanol–water partition coefficient (Wildman–Crippen LogP) is 2.23. The Labute approximate surface area is 141 Å². The average molecular weight is 348 g/mol. The van der Waals surface area contributed by atoms with Gasteiger partial charge in [-0.25, -0.2) is 13.8 Å². The zero-order valence-electron chi connectivity index (χ0n) is 13.0. The molecule has 7 heteroatoms. The summed E-state index contributed by atoms with van der Waals surface area (Å²) in [6.07, 6.45) is 0. The number of fused-ring (bicyclic) bond motifs is 1. The Kier molecular flexibility index (Phi) is 4.82. The number of amides is 1. The Hall–Kier alpha value is -2.38. The number of nitrogens with one attached hydrogen (secondary N) is 2. The van der Waals surface area contributed by atoms with Crippen LogP contribution in [0.25, 0.3) is 10.2 Å². The molecule has 0 fully saturated rings. The molecule has 1 amide bonds. The van der Waals surface area contributed by atoms with Crippen LogP contribution in [0, 0.1) is 11.6 Å². The summed E-state index contributed by atoms with van der Waals surface area (Å²) in [5, 5.41) is 3.40. The van der Waals surface area contributed by atoms with E-state index in [1.807, 2.05) is 31.3 Å². The minimum absolute atomic E-state index is 0.0193. The van der Waals surface area contributed by atoms with Crippen molar-refractivity contribution in [1.82, 2.24) is 4.98 Å². The van der Waals surface area contributed by atoms with Crippen LogP contribution < -0.4 is 10.2 Å². The molecule has 3 rings (SSSR count). The predicted molar refractivity (Wildman–Crippen MR) is 90.1 cm³/mol. The van der Waals surface area contributed by atoms with Crippen LogP contribution in [0.3, 0.4) is 0 Å². The molecule has 0 aliphatic carbocycles. The molecule has 1 aromatic heterocycles. The lowest BCUT2D eigenvalue weighted by atomic mass is 10.3. The number of hydrogen-bond donors (Lipinski definition) is 2. The highest BCUT2D eigenvalue weighted by atomic mass is 32.1. The lowest BCUT2D eigenvalue weighted by Gasteiger charge is -2.12. The van der Waals surface area contributed by atoms with E-state index in [1.165, 1.54) is 6.07 Å². The molecule has 0 bridgehead atoms. The summed E-state index contributed by atoms with van der Waals surface area (Å²) >= 11 is 1.60. The molecule has 0 saturated heterocycles. The molecular weight excluding hydrogens is 332 g/mol. The van der Waals surface area contributed by atoms with E-state index in [0.29, 0.717) is 6.54 Å². The molecule has 1 heterocycles. The minimum atomic E-state index is -0.785. The summed E-state index contributed by atoms with van der Waals surface area (Å²) in [7, 11) is 1.87. The number of thiazole rings is 1. The van der Waals surface area contributed by atoms with Crippen molar-refractivity contribution in [1.29, 1.82) is 0 Å². The van der Waals surface area contributed by atoms with Crippen molar-refractivity contribution in [2.75, 3.05) is 18.9 Å². The summed E-state index contributed by atoms with van der Waals surface area (Å²) in [4.78, 5) is 17.5. The summed E-state index contributed by atoms with van der Waals surface area (Å²) in [6.45, 7) is 0.755. The van der Waals surface area contributed by atoms with E-state index in [0.717, 1.165) is 32.3 Å². The molecule has 0 aliphatic rings. The quantitative estimate of drug-likeness (QED) is 0.743. The third kappa shape index (κ3) is 3.93. The fraction of sp³-hybridized carbons (Fsp3) is 0.176. The van der Waals surface area contributed by atoms with Crippen molar-refractivity contribution >= 4 is 33.1 Å². The lowest BCUT2D eigenvalue weighted by molar-refractivity contribution is -0.885. The summed E-state index contributed by atoms with van der Waals surface area (Å²) in [5.41, 5.74) is 0.928. The molecule has 124 valence electrons. The van der Waals surface area contributed by atoms with E-state index in [1.54, 1.807) is 11.3 Å². The minimum Gasteiger partial charge on any atom is -0.324 e. The van der Waals surface area contributed by atoms with Crippen LogP contribution in [-0.2, 0) is 11.3 Å². The SMILES string of the molecule is C[NH+](CC(=O)Nc1ccc(F)cc1F)Cc1nc2ccccc2s1. The molecule has 3 aromatic rings. The van der Waals surface area contributed by atoms with E-state index >= 15 is 0 Å². The smallest absolute Gasteiger partial charge is 0.279 e. The van der Waals surface area contributed by atoms with E-state index < -0.39 is 11.6 Å². The van der Waals surface area contributed by atoms with Crippen molar-refractivity contribution < 1.29 is 18.5 Å². The molecule has 0 saturated carbocycles. The fourth-order valence-corrected chi connectivity index (χ4v) is 3.46. The molecule has 2 N–H and O–H groups in total. The highest BCUT2D eigenvalue weighted by molar-refractivity contribution is 7.18. The number of aromatic nitrogens is 1. The third-order valence-electron chi connectivity index (χ3n) is 3.46. The van der Waals surface area contributed by atoms with Gasteiger partial charge in [0.2, 0.25) is 0 Å². The number of carbonyl (C=O) groups is 1. The number of benzene rings is 2. The molecule has 0 spiro atoms. The first-order valence-electron chi connectivity index (χ1n) is 7.42. The van der Waals surface area contributed by atoms with Gasteiger partial charge in [-0.1, -0.05) is 12.1 Å². The van der Waals surface area contributed by atoms with Crippen LogP contribution in [0.4, 0.5) is 14.5 Å². The number of halogens is 2. The Balaban J connectivity index is 1.59. The second-order valence-corrected chi connectivity index (χ2v) is 6.67. The summed E-state index contributed by atoms with van der Waals surface area (Å²) < 4.78 is 27.5. The molecule has 2 aromatic carbocycles. The number of hydrogen-bond acceptors (Lipinski definition) is 3. The molecule has 1 unspecified atom stereocenters. The van der Waals surface area contributed by atoms with Crippen LogP contribution in [0.2, 0.25) is 0 Å². The van der Waals surface area contributed by atoms with Crippen LogP contribution in [-0.4, -0.2) is 24.5 Å². The maximum Gasteiger partial charge on any atom is 0.279 e. The van der Waals surface area contributed by atoms with Gasteiger partial charge in [-0.2, -0.15) is 0 Å². The summed E-state index contributed by atoms with van der Waals surface area (Å²) in [5.74, 6) is -1.80. The van der Waals surface area contributed by atoms with Crippen LogP contribution in [0.5, 0.6) is 0 Å². The molecule has 0 radical (unpaired) electrons. The van der Waals surface area contributed by atoms with Crippen molar-refractivity contribution in [2.45, 2.75) is 6.54 Å². The van der Waals surface area contributed by atoms with E-state index in [4.69, 9.17) is 0 Å². The average Bonchev–Trinajstić information content (AvgIpc) is 2.91. The first kappa shape index (κ1) is 16.5. The number of para-hydroxylation sites is 1. The van der Waals surface area contributed by atoms with Crippen LogP contribution in [0.1, 0.15) is 5.01 Å². The van der Waals surface area contributed by atoms with Gasteiger partial charge in [0.05, 0.1) is 23.0 Å². The fourth-order valence-electron chi connectivity index (χ4n) is 2.38. The number of rotatable bonds is 5. The number of quaternary nitrogens is 1. The molecular formula is C17H16F2N3OS+. The summed E-state index contributed by atoms with van der Waals surface area (Å²) in [6, 6.07) is 10.9. The van der Waals surface area contributed by atoms with Crippen LogP contribution >= 0.6 is 11.3 Å². The highest BCUT2D eigenvalue weighted by Crippen LogP contribution is 2.20. The first-order valence-corrected chi connectivity index (χ1v) is 8.23. The van der Waals surface area contributed by atoms with Crippen molar-refractivity contribution in [3.8, 4) is 0 Å². The largest absolute Gasteiger partial charge is 0.324 e. The normalized spacial score (nSPS) is 12.3. The first-order chi connectivity index (χ1) is 11.5. The number of nitrogens with zero attached hydrogens (tertiary/aromatic N) is 1. The van der Waals surface area contributed by atoms with Crippen molar-refractivity contribution in [3.05, 3.63) is 59.1 Å². The van der Waals surface area contributed by atoms with Gasteiger partial charge in [-0.05, 0) is 24.3 Å². The number of anilines is 1. The Morgan fingerprint density at radius 2 is 2.04 bits per heavy atom. The standard InChI is InChI=1S/C17H15F2N3OS/c1-22(10-17-21-14-4-2-3-5-15(14)24-17)9-16(23)20-13-7-6-11(18)8-12(13)19/h2-8H,9-10H2,1H3,(H,20,23)/p+1. The second kappa shape index (κ2) is 7.02. The number of carbonyl (C=O) groups excluding carboxylic acids is 1. The second-order valence-electron chi connectivity index (χ2n) is 5.56. The van der Waals surface area contributed by atoms with Gasteiger partial charge in [-0.3, -0.25) is 4.79 Å². The van der Waals surface area contributed by atoms with Gasteiger partial charge in [0.15, 0.2) is 6.54 Å². The van der Waals surface area contributed by atoms with Crippen LogP contribution in [0.15, 0.2) is 42.5 Å². The lowest BCUT2D eigenvalue weighted by Crippen LogP contribution is -3.08. The Bertz CT molecular complexity index is 848. The van der Waals surface area contributed by atoms with Gasteiger partial charge < -0.3 is 10.2 Å². The zero-order chi connectivity index (χ0) is 17.1. The van der Waals surface area contributed by atoms with E-state index in [2.05, 4.69) is 10.3 Å². The van der Waals surface area contributed by atoms with Crippen molar-refractivity contribution in [2.24, 2.45) is 0 Å². The van der Waals surface area contributed by atoms with E-state index in [-0.39, 0.29) is 18.1 Å². The molecule has 1 atom stereocenters. The van der Waals surface area contributed by atoms with Gasteiger partial charge in [-0.15, -0.1) is 11.3 Å². The topological polar surface area (TPSA) is 46.4 Å². The third-order valence-corrected chi connectivity index (χ3v) is 4.50. The monoisotopic (exact) mass is 348 g/mol. The van der Waals surface area contributed by atoms with Gasteiger partial charge >= 0.3 is 0 Å².